The van der Waals surface area contributed by atoms with Crippen LogP contribution in [0.15, 0.2) is 41.3 Å². The van der Waals surface area contributed by atoms with Crippen molar-refractivity contribution in [3.63, 3.8) is 0 Å². The molecule has 0 atom stereocenters. The van der Waals surface area contributed by atoms with Crippen LogP contribution < -0.4 is 20.7 Å². The molecule has 172 valence electrons. The van der Waals surface area contributed by atoms with Crippen LogP contribution in [0.1, 0.15) is 6.42 Å². The van der Waals surface area contributed by atoms with E-state index in [1.807, 2.05) is 4.90 Å². The van der Waals surface area contributed by atoms with Gasteiger partial charge in [-0.05, 0) is 24.3 Å². The molecule has 1 fully saturated rings. The number of hydrogen-bond donors (Lipinski definition) is 3. The summed E-state index contributed by atoms with van der Waals surface area (Å²) in [5.41, 5.74) is 0.897. The second kappa shape index (κ2) is 10.1. The molecule has 1 amide bonds. The van der Waals surface area contributed by atoms with Crippen molar-refractivity contribution in [3.8, 4) is 0 Å². The number of halogens is 1. The first-order valence-corrected chi connectivity index (χ1v) is 11.6. The fraction of sp³-hybridized carbons (Fsp3) is 0.316. The highest BCUT2D eigenvalue weighted by Crippen LogP contribution is 2.34. The summed E-state index contributed by atoms with van der Waals surface area (Å²) in [4.78, 5) is 24.7. The van der Waals surface area contributed by atoms with Crippen molar-refractivity contribution in [2.45, 2.75) is 11.3 Å². The number of hydrogen-bond acceptors (Lipinski definition) is 8. The van der Waals surface area contributed by atoms with Gasteiger partial charge in [-0.25, -0.2) is 13.6 Å². The lowest BCUT2D eigenvalue weighted by Crippen LogP contribution is -2.37. The van der Waals surface area contributed by atoms with Crippen molar-refractivity contribution < 1.29 is 22.9 Å². The number of nitrogens with zero attached hydrogens (tertiary/aromatic N) is 2. The molecular formula is C19H22ClN5O6S. The van der Waals surface area contributed by atoms with Gasteiger partial charge in [-0.2, -0.15) is 0 Å². The van der Waals surface area contributed by atoms with Crippen molar-refractivity contribution in [2.24, 2.45) is 5.14 Å². The molecular weight excluding hydrogens is 462 g/mol. The number of anilines is 3. The van der Waals surface area contributed by atoms with Gasteiger partial charge in [0.25, 0.3) is 5.69 Å². The van der Waals surface area contributed by atoms with Crippen LogP contribution >= 0.6 is 11.6 Å². The summed E-state index contributed by atoms with van der Waals surface area (Å²) in [5.74, 6) is -0.321. The monoisotopic (exact) mass is 483 g/mol. The van der Waals surface area contributed by atoms with E-state index in [-0.39, 0.29) is 29.5 Å². The molecule has 32 heavy (non-hydrogen) atoms. The maximum Gasteiger partial charge on any atom is 0.293 e. The summed E-state index contributed by atoms with van der Waals surface area (Å²) in [5, 5.41) is 22.4. The number of ether oxygens (including phenoxy) is 1. The van der Waals surface area contributed by atoms with Crippen LogP contribution in [0.2, 0.25) is 5.02 Å². The lowest BCUT2D eigenvalue weighted by atomic mass is 10.2. The zero-order chi connectivity index (χ0) is 23.3. The molecule has 0 bridgehead atoms. The van der Waals surface area contributed by atoms with E-state index in [0.717, 1.165) is 12.1 Å². The number of nitro groups is 1. The molecule has 1 saturated heterocycles. The Morgan fingerprint density at radius 3 is 2.59 bits per heavy atom. The predicted molar refractivity (Wildman–Crippen MR) is 121 cm³/mol. The number of nitro benzene ring substituents is 1. The molecule has 13 heteroatoms. The van der Waals surface area contributed by atoms with Gasteiger partial charge < -0.3 is 20.3 Å². The zero-order valence-corrected chi connectivity index (χ0v) is 18.5. The summed E-state index contributed by atoms with van der Waals surface area (Å²) >= 11 is 6.36. The SMILES string of the molecule is NS(=O)(=O)c1ccc(NCCC(=O)Nc2cccc(Cl)c2N2CCOCC2)c([N+](=O)[O-])c1. The third kappa shape index (κ3) is 5.85. The zero-order valence-electron chi connectivity index (χ0n) is 16.9. The second-order valence-corrected chi connectivity index (χ2v) is 8.91. The summed E-state index contributed by atoms with van der Waals surface area (Å²) in [6.07, 6.45) is 0.00313. The molecule has 0 radical (unpaired) electrons. The van der Waals surface area contributed by atoms with E-state index in [4.69, 9.17) is 21.5 Å². The number of benzene rings is 2. The van der Waals surface area contributed by atoms with E-state index in [2.05, 4.69) is 10.6 Å². The van der Waals surface area contributed by atoms with Gasteiger partial charge in [-0.1, -0.05) is 17.7 Å². The van der Waals surface area contributed by atoms with Crippen LogP contribution in [0.25, 0.3) is 0 Å². The van der Waals surface area contributed by atoms with E-state index in [0.29, 0.717) is 42.7 Å². The number of para-hydroxylation sites is 1. The van der Waals surface area contributed by atoms with E-state index < -0.39 is 20.6 Å². The topological polar surface area (TPSA) is 157 Å². The standard InChI is InChI=1S/C19H22ClN5O6S/c20-14-2-1-3-16(19(14)24-8-10-31-11-9-24)23-18(26)6-7-22-15-5-4-13(32(21,29)30)12-17(15)25(27)28/h1-5,12,22H,6-11H2,(H,23,26)(H2,21,29,30). The molecule has 11 nitrogen and oxygen atoms in total. The largest absolute Gasteiger partial charge is 0.379 e. The molecule has 2 aromatic rings. The smallest absolute Gasteiger partial charge is 0.293 e. The number of nitrogens with one attached hydrogen (secondary N) is 2. The minimum Gasteiger partial charge on any atom is -0.379 e. The first kappa shape index (κ1) is 23.7. The van der Waals surface area contributed by atoms with Gasteiger partial charge in [-0.15, -0.1) is 0 Å². The van der Waals surface area contributed by atoms with Crippen LogP contribution in [-0.4, -0.2) is 52.1 Å². The first-order chi connectivity index (χ1) is 15.2. The normalized spacial score (nSPS) is 14.1. The van der Waals surface area contributed by atoms with Crippen molar-refractivity contribution in [1.29, 1.82) is 0 Å². The Hall–Kier alpha value is -2.93. The molecule has 1 heterocycles. The number of primary sulfonamides is 1. The van der Waals surface area contributed by atoms with Gasteiger partial charge >= 0.3 is 0 Å². The van der Waals surface area contributed by atoms with Crippen LogP contribution in [0.4, 0.5) is 22.7 Å². The number of carbonyl (C=O) groups excluding carboxylic acids is 1. The third-order valence-electron chi connectivity index (χ3n) is 4.75. The van der Waals surface area contributed by atoms with Crippen LogP contribution in [0, 0.1) is 10.1 Å². The highest BCUT2D eigenvalue weighted by Gasteiger charge is 2.20. The lowest BCUT2D eigenvalue weighted by molar-refractivity contribution is -0.384. The molecule has 0 spiro atoms. The Kier molecular flexibility index (Phi) is 7.51. The van der Waals surface area contributed by atoms with Crippen molar-refractivity contribution in [3.05, 3.63) is 51.5 Å². The number of sulfonamides is 1. The average Bonchev–Trinajstić information content (AvgIpc) is 2.73. The van der Waals surface area contributed by atoms with Crippen LogP contribution in [0.5, 0.6) is 0 Å². The molecule has 2 aromatic carbocycles. The minimum absolute atomic E-state index is 0.00313. The lowest BCUT2D eigenvalue weighted by Gasteiger charge is -2.31. The van der Waals surface area contributed by atoms with Gasteiger partial charge in [-0.3, -0.25) is 14.9 Å². The summed E-state index contributed by atoms with van der Waals surface area (Å²) in [6.45, 7) is 2.49. The molecule has 1 aliphatic rings. The quantitative estimate of drug-likeness (QED) is 0.380. The Labute approximate surface area is 189 Å². The first-order valence-electron chi connectivity index (χ1n) is 9.63. The second-order valence-electron chi connectivity index (χ2n) is 6.94. The molecule has 0 saturated carbocycles. The van der Waals surface area contributed by atoms with Gasteiger partial charge in [0.05, 0.1) is 39.4 Å². The number of nitrogens with two attached hydrogens (primary N) is 1. The Bertz CT molecular complexity index is 1120. The maximum atomic E-state index is 12.5. The predicted octanol–water partition coefficient (Wildman–Crippen LogP) is 2.17. The molecule has 1 aliphatic heterocycles. The van der Waals surface area contributed by atoms with E-state index >= 15 is 0 Å². The minimum atomic E-state index is -4.08. The summed E-state index contributed by atoms with van der Waals surface area (Å²) in [7, 11) is -4.08. The number of morpholine rings is 1. The maximum absolute atomic E-state index is 12.5. The van der Waals surface area contributed by atoms with Gasteiger partial charge in [0, 0.05) is 32.1 Å². The molecule has 0 aromatic heterocycles. The van der Waals surface area contributed by atoms with Gasteiger partial charge in [0.1, 0.15) is 5.69 Å². The van der Waals surface area contributed by atoms with Crippen molar-refractivity contribution in [1.82, 2.24) is 0 Å². The Balaban J connectivity index is 1.65. The molecule has 0 unspecified atom stereocenters. The van der Waals surface area contributed by atoms with Crippen LogP contribution in [0.3, 0.4) is 0 Å². The number of rotatable bonds is 8. The van der Waals surface area contributed by atoms with Crippen LogP contribution in [-0.2, 0) is 19.6 Å². The highest BCUT2D eigenvalue weighted by molar-refractivity contribution is 7.89. The fourth-order valence-electron chi connectivity index (χ4n) is 3.24. The average molecular weight is 484 g/mol. The fourth-order valence-corrected chi connectivity index (χ4v) is 4.06. The van der Waals surface area contributed by atoms with Crippen molar-refractivity contribution in [2.75, 3.05) is 48.4 Å². The third-order valence-corrected chi connectivity index (χ3v) is 5.97. The van der Waals surface area contributed by atoms with E-state index in [1.165, 1.54) is 6.07 Å². The Morgan fingerprint density at radius 1 is 1.22 bits per heavy atom. The summed E-state index contributed by atoms with van der Waals surface area (Å²) < 4.78 is 28.2. The number of carbonyl (C=O) groups is 1. The van der Waals surface area contributed by atoms with E-state index in [9.17, 15) is 23.3 Å². The highest BCUT2D eigenvalue weighted by atomic mass is 35.5. The number of amides is 1. The molecule has 4 N–H and O–H groups in total. The summed E-state index contributed by atoms with van der Waals surface area (Å²) in [6, 6.07) is 8.50. The van der Waals surface area contributed by atoms with E-state index in [1.54, 1.807) is 18.2 Å². The van der Waals surface area contributed by atoms with Gasteiger partial charge in [0.15, 0.2) is 0 Å². The molecule has 3 rings (SSSR count). The van der Waals surface area contributed by atoms with Crippen molar-refractivity contribution >= 4 is 50.3 Å². The molecule has 0 aliphatic carbocycles. The van der Waals surface area contributed by atoms with Gasteiger partial charge in [0.2, 0.25) is 15.9 Å². The Morgan fingerprint density at radius 2 is 1.94 bits per heavy atom.